The van der Waals surface area contributed by atoms with Crippen molar-refractivity contribution in [2.45, 2.75) is 19.8 Å². The van der Waals surface area contributed by atoms with Crippen molar-refractivity contribution >= 4 is 25.1 Å². The summed E-state index contributed by atoms with van der Waals surface area (Å²) in [6.45, 7) is 0.700. The van der Waals surface area contributed by atoms with Gasteiger partial charge in [0.1, 0.15) is 28.5 Å². The van der Waals surface area contributed by atoms with Crippen molar-refractivity contribution in [3.05, 3.63) is 95.1 Å². The minimum absolute atomic E-state index is 0.132. The van der Waals surface area contributed by atoms with Gasteiger partial charge >= 0.3 is 8.25 Å². The van der Waals surface area contributed by atoms with Crippen LogP contribution in [0.4, 0.5) is 14.7 Å². The molecule has 0 amide bonds. The number of hydrogen-bond acceptors (Lipinski definition) is 8. The average Bonchev–Trinajstić information content (AvgIpc) is 3.55. The van der Waals surface area contributed by atoms with Crippen LogP contribution in [0.2, 0.25) is 0 Å². The third kappa shape index (κ3) is 5.19. The largest absolute Gasteiger partial charge is 0.696 e. The second kappa shape index (κ2) is 10.2. The highest BCUT2D eigenvalue weighted by Gasteiger charge is 2.22. The van der Waals surface area contributed by atoms with Gasteiger partial charge in [0.2, 0.25) is 5.95 Å². The first-order valence-electron chi connectivity index (χ1n) is 11.6. The Morgan fingerprint density at radius 3 is 2.72 bits per heavy atom. The van der Waals surface area contributed by atoms with E-state index >= 15 is 0 Å². The Balaban J connectivity index is 1.23. The summed E-state index contributed by atoms with van der Waals surface area (Å²) in [4.78, 5) is 28.5. The van der Waals surface area contributed by atoms with Gasteiger partial charge in [-0.25, -0.2) is 33.4 Å². The molecule has 1 N–H and O–H groups in total. The molecule has 0 spiro atoms. The van der Waals surface area contributed by atoms with Gasteiger partial charge in [-0.05, 0) is 53.4 Å². The van der Waals surface area contributed by atoms with Crippen LogP contribution in [0.3, 0.4) is 0 Å². The van der Waals surface area contributed by atoms with E-state index < -0.39 is 14.1 Å². The zero-order chi connectivity index (χ0) is 26.9. The molecule has 5 aromatic rings. The molecule has 0 fully saturated rings. The fraction of sp³-hybridized carbons (Fsp3) is 0.115. The molecular weight excluding hydrogens is 527 g/mol. The lowest BCUT2D eigenvalue weighted by Crippen LogP contribution is -2.17. The van der Waals surface area contributed by atoms with Gasteiger partial charge in [0.25, 0.3) is 0 Å². The molecule has 1 aliphatic heterocycles. The molecule has 1 aliphatic rings. The zero-order valence-corrected chi connectivity index (χ0v) is 20.9. The Morgan fingerprint density at radius 2 is 1.85 bits per heavy atom. The summed E-state index contributed by atoms with van der Waals surface area (Å²) in [5, 5.41) is 4.45. The molecule has 3 aromatic heterocycles. The van der Waals surface area contributed by atoms with Gasteiger partial charge in [-0.1, -0.05) is 16.5 Å². The maximum Gasteiger partial charge on any atom is 0.696 e. The van der Waals surface area contributed by atoms with E-state index in [1.54, 1.807) is 36.7 Å². The lowest BCUT2D eigenvalue weighted by Gasteiger charge is -2.15. The topological polar surface area (TPSA) is 119 Å². The lowest BCUT2D eigenvalue weighted by molar-refractivity contribution is 0.209. The van der Waals surface area contributed by atoms with Gasteiger partial charge in [0.05, 0.1) is 6.20 Å². The van der Waals surface area contributed by atoms with Gasteiger partial charge in [0.15, 0.2) is 12.6 Å². The molecule has 13 heteroatoms. The molecule has 0 aliphatic carbocycles. The Hall–Kier alpha value is -4.69. The first-order valence-corrected chi connectivity index (χ1v) is 12.7. The maximum absolute atomic E-state index is 14.8. The summed E-state index contributed by atoms with van der Waals surface area (Å²) >= 11 is 0. The summed E-state index contributed by atoms with van der Waals surface area (Å²) in [7, 11) is -2.83. The number of rotatable bonds is 5. The lowest BCUT2D eigenvalue weighted by atomic mass is 10.1. The van der Waals surface area contributed by atoms with Crippen molar-refractivity contribution in [2.24, 2.45) is 0 Å². The van der Waals surface area contributed by atoms with Gasteiger partial charge in [-0.15, -0.1) is 4.89 Å². The fourth-order valence-electron chi connectivity index (χ4n) is 4.27. The third-order valence-corrected chi connectivity index (χ3v) is 6.35. The van der Waals surface area contributed by atoms with Crippen LogP contribution in [-0.4, -0.2) is 34.6 Å². The van der Waals surface area contributed by atoms with Crippen LogP contribution in [0.5, 0.6) is 0 Å². The van der Waals surface area contributed by atoms with E-state index in [0.29, 0.717) is 47.2 Å². The Labute approximate surface area is 220 Å². The molecule has 10 nitrogen and oxygen atoms in total. The van der Waals surface area contributed by atoms with E-state index in [-0.39, 0.29) is 18.1 Å². The smallest absolute Gasteiger partial charge is 0.332 e. The molecule has 0 radical (unpaired) electrons. The summed E-state index contributed by atoms with van der Waals surface area (Å²) in [6.07, 6.45) is 4.59. The molecule has 1 atom stereocenters. The molecular formula is C26H17F2N7O3P+. The van der Waals surface area contributed by atoms with E-state index in [0.717, 1.165) is 15.8 Å². The highest BCUT2D eigenvalue weighted by Crippen LogP contribution is 2.27. The van der Waals surface area contributed by atoms with Crippen molar-refractivity contribution in [3.8, 4) is 23.4 Å². The number of hydrogen-bond donors (Lipinski definition) is 1. The van der Waals surface area contributed by atoms with Gasteiger partial charge < -0.3 is 4.90 Å². The SMILES string of the molecule is O=[P+](O)OCn1ncc2cc(C#Cc3ccnc(-c4ccnc(N5Cc6ccc(F)cc6C5)n4)n3)cc(F)c21. The molecule has 0 bridgehead atoms. The van der Waals surface area contributed by atoms with Gasteiger partial charge in [0, 0.05) is 41.0 Å². The minimum atomic E-state index is -2.83. The summed E-state index contributed by atoms with van der Waals surface area (Å²) in [6, 6.07) is 10.9. The molecule has 2 aromatic carbocycles. The number of halogens is 2. The minimum Gasteiger partial charge on any atom is -0.332 e. The number of benzene rings is 2. The van der Waals surface area contributed by atoms with Crippen LogP contribution >= 0.6 is 8.25 Å². The second-order valence-corrected chi connectivity index (χ2v) is 9.30. The van der Waals surface area contributed by atoms with Crippen molar-refractivity contribution in [3.63, 3.8) is 0 Å². The summed E-state index contributed by atoms with van der Waals surface area (Å²) in [5.74, 6) is 5.76. The van der Waals surface area contributed by atoms with Gasteiger partial charge in [-0.3, -0.25) is 0 Å². The fourth-order valence-corrected chi connectivity index (χ4v) is 4.48. The molecule has 6 rings (SSSR count). The Bertz CT molecular complexity index is 1820. The predicted octanol–water partition coefficient (Wildman–Crippen LogP) is 4.11. The molecule has 39 heavy (non-hydrogen) atoms. The van der Waals surface area contributed by atoms with E-state index in [4.69, 9.17) is 4.89 Å². The highest BCUT2D eigenvalue weighted by atomic mass is 31.1. The van der Waals surface area contributed by atoms with Crippen molar-refractivity contribution in [1.82, 2.24) is 29.7 Å². The highest BCUT2D eigenvalue weighted by molar-refractivity contribution is 7.32. The van der Waals surface area contributed by atoms with E-state index in [2.05, 4.69) is 41.4 Å². The monoisotopic (exact) mass is 544 g/mol. The van der Waals surface area contributed by atoms with Crippen LogP contribution in [0, 0.1) is 23.5 Å². The van der Waals surface area contributed by atoms with Crippen LogP contribution in [0.15, 0.2) is 61.1 Å². The van der Waals surface area contributed by atoms with E-state index in [9.17, 15) is 13.3 Å². The Morgan fingerprint density at radius 1 is 1.00 bits per heavy atom. The summed E-state index contributed by atoms with van der Waals surface area (Å²) in [5.41, 5.74) is 3.35. The normalized spacial score (nSPS) is 12.8. The maximum atomic E-state index is 14.8. The van der Waals surface area contributed by atoms with Gasteiger partial charge in [-0.2, -0.15) is 5.10 Å². The average molecular weight is 544 g/mol. The van der Waals surface area contributed by atoms with Crippen molar-refractivity contribution in [2.75, 3.05) is 4.90 Å². The predicted molar refractivity (Wildman–Crippen MR) is 136 cm³/mol. The molecule has 0 saturated carbocycles. The van der Waals surface area contributed by atoms with Crippen LogP contribution in [-0.2, 0) is 28.9 Å². The standard InChI is InChI=1S/C26H16F2N7O3P/c27-20-3-2-17-13-34(14-19(17)11-20)26-30-8-6-23(33-26)25-29-7-5-21(32-25)4-1-16-9-18-12-31-35(15-38-39(36)37)24(18)22(28)10-16/h2-3,5-12H,13-15H2/p+1. The number of nitrogens with zero attached hydrogens (tertiary/aromatic N) is 7. The summed E-state index contributed by atoms with van der Waals surface area (Å²) < 4.78 is 44.9. The molecule has 0 saturated heterocycles. The first kappa shape index (κ1) is 24.6. The number of fused-ring (bicyclic) bond motifs is 2. The van der Waals surface area contributed by atoms with Crippen LogP contribution < -0.4 is 4.90 Å². The van der Waals surface area contributed by atoms with Crippen LogP contribution in [0.25, 0.3) is 22.4 Å². The van der Waals surface area contributed by atoms with E-state index in [1.165, 1.54) is 24.4 Å². The van der Waals surface area contributed by atoms with Crippen molar-refractivity contribution in [1.29, 1.82) is 0 Å². The first-order chi connectivity index (χ1) is 18.9. The van der Waals surface area contributed by atoms with Crippen LogP contribution in [0.1, 0.15) is 22.4 Å². The van der Waals surface area contributed by atoms with E-state index in [1.807, 2.05) is 4.90 Å². The third-order valence-electron chi connectivity index (χ3n) is 6.01. The second-order valence-electron chi connectivity index (χ2n) is 8.56. The number of aromatic nitrogens is 6. The Kier molecular flexibility index (Phi) is 6.46. The molecule has 192 valence electrons. The van der Waals surface area contributed by atoms with Crippen molar-refractivity contribution < 1.29 is 22.8 Å². The number of anilines is 1. The zero-order valence-electron chi connectivity index (χ0n) is 20.0. The molecule has 1 unspecified atom stereocenters. The quantitative estimate of drug-likeness (QED) is 0.258. The molecule has 4 heterocycles.